The van der Waals surface area contributed by atoms with Crippen LogP contribution in [0.1, 0.15) is 31.1 Å². The summed E-state index contributed by atoms with van der Waals surface area (Å²) in [5.41, 5.74) is -5.87. The molecule has 1 fully saturated rings. The average molecular weight is 595 g/mol. The zero-order valence-electron chi connectivity index (χ0n) is 20.8. The molecule has 14 heteroatoms. The minimum Gasteiger partial charge on any atom is -0.459 e. The van der Waals surface area contributed by atoms with Gasteiger partial charge in [-0.25, -0.2) is 18.6 Å². The number of hydrogen-bond acceptors (Lipinski definition) is 10. The minimum absolute atomic E-state index is 0.0466. The molecule has 216 valence electrons. The van der Waals surface area contributed by atoms with Gasteiger partial charge in [-0.15, -0.1) is 0 Å². The average Bonchev–Trinajstić information content (AvgIpc) is 3.26. The maximum absolute atomic E-state index is 13.3. The highest BCUT2D eigenvalue weighted by atomic mass is 32.2. The lowest BCUT2D eigenvalue weighted by molar-refractivity contribution is -0.138. The van der Waals surface area contributed by atoms with Gasteiger partial charge >= 0.3 is 33.5 Å². The number of rotatable bonds is 9. The second kappa shape index (κ2) is 12.5. The summed E-state index contributed by atoms with van der Waals surface area (Å²) in [6, 6.07) is 22.0. The third-order valence-electron chi connectivity index (χ3n) is 5.66. The Labute approximate surface area is 231 Å². The second-order valence-electron chi connectivity index (χ2n) is 8.48. The Morgan fingerprint density at radius 2 is 1.12 bits per heavy atom. The molecule has 10 nitrogen and oxygen atoms in total. The molecule has 0 radical (unpaired) electrons. The number of carbonyl (C=O) groups excluding carboxylic acids is 3. The van der Waals surface area contributed by atoms with E-state index in [1.54, 1.807) is 30.3 Å². The Morgan fingerprint density at radius 1 is 0.683 bits per heavy atom. The van der Waals surface area contributed by atoms with Gasteiger partial charge in [0, 0.05) is 0 Å². The lowest BCUT2D eigenvalue weighted by Gasteiger charge is -2.24. The van der Waals surface area contributed by atoms with E-state index in [1.165, 1.54) is 60.7 Å². The van der Waals surface area contributed by atoms with Crippen LogP contribution in [0.15, 0.2) is 91.0 Å². The van der Waals surface area contributed by atoms with Crippen LogP contribution >= 0.6 is 0 Å². The van der Waals surface area contributed by atoms with Crippen molar-refractivity contribution in [3.63, 3.8) is 0 Å². The summed E-state index contributed by atoms with van der Waals surface area (Å²) in [5.74, 6) is -3.07. The Balaban J connectivity index is 1.66. The van der Waals surface area contributed by atoms with E-state index < -0.39 is 64.7 Å². The van der Waals surface area contributed by atoms with Gasteiger partial charge in [0.25, 0.3) is 0 Å². The SMILES string of the molecule is O=C(OC[C@H]1O[C@H](OC(=O)c2ccccc2)[C@@H](OS(=O)(=O)C(F)(F)F)[C@@H]1OC(=O)c1ccccc1)c1ccccc1. The van der Waals surface area contributed by atoms with Crippen LogP contribution in [0, 0.1) is 0 Å². The predicted molar refractivity (Wildman–Crippen MR) is 133 cm³/mol. The van der Waals surface area contributed by atoms with Gasteiger partial charge in [0.05, 0.1) is 16.7 Å². The zero-order chi connectivity index (χ0) is 29.6. The summed E-state index contributed by atoms with van der Waals surface area (Å²) < 4.78 is 89.5. The van der Waals surface area contributed by atoms with Gasteiger partial charge in [0.1, 0.15) is 12.7 Å². The highest BCUT2D eigenvalue weighted by Gasteiger charge is 2.57. The van der Waals surface area contributed by atoms with E-state index in [-0.39, 0.29) is 16.7 Å². The number of hydrogen-bond donors (Lipinski definition) is 0. The maximum Gasteiger partial charge on any atom is 0.523 e. The molecule has 3 aromatic rings. The molecule has 0 bridgehead atoms. The van der Waals surface area contributed by atoms with Crippen molar-refractivity contribution in [2.45, 2.75) is 30.1 Å². The first-order chi connectivity index (χ1) is 19.5. The van der Waals surface area contributed by atoms with Crippen molar-refractivity contribution in [1.82, 2.24) is 0 Å². The van der Waals surface area contributed by atoms with Crippen molar-refractivity contribution < 1.29 is 59.1 Å². The van der Waals surface area contributed by atoms with Gasteiger partial charge in [-0.2, -0.15) is 21.6 Å². The third-order valence-corrected chi connectivity index (χ3v) is 6.70. The number of benzene rings is 3. The largest absolute Gasteiger partial charge is 0.523 e. The highest BCUT2D eigenvalue weighted by Crippen LogP contribution is 2.34. The van der Waals surface area contributed by atoms with Crippen LogP contribution in [-0.4, -0.2) is 63.0 Å². The molecular weight excluding hydrogens is 573 g/mol. The summed E-state index contributed by atoms with van der Waals surface area (Å²) in [6.45, 7) is -0.744. The Morgan fingerprint density at radius 3 is 1.59 bits per heavy atom. The number of esters is 3. The van der Waals surface area contributed by atoms with E-state index in [4.69, 9.17) is 18.9 Å². The van der Waals surface area contributed by atoms with Crippen LogP contribution in [0.3, 0.4) is 0 Å². The van der Waals surface area contributed by atoms with Gasteiger partial charge in [0.2, 0.25) is 6.29 Å². The van der Waals surface area contributed by atoms with Gasteiger partial charge in [-0.1, -0.05) is 54.6 Å². The second-order valence-corrected chi connectivity index (χ2v) is 10.0. The van der Waals surface area contributed by atoms with E-state index in [2.05, 4.69) is 4.18 Å². The molecule has 1 aliphatic rings. The third kappa shape index (κ3) is 7.28. The molecule has 0 N–H and O–H groups in total. The molecule has 41 heavy (non-hydrogen) atoms. The summed E-state index contributed by atoms with van der Waals surface area (Å²) in [7, 11) is -6.32. The molecule has 4 rings (SSSR count). The molecule has 0 aliphatic carbocycles. The van der Waals surface area contributed by atoms with Crippen molar-refractivity contribution in [1.29, 1.82) is 0 Å². The fraction of sp³-hybridized carbons (Fsp3) is 0.222. The van der Waals surface area contributed by atoms with Crippen molar-refractivity contribution >= 4 is 28.0 Å². The van der Waals surface area contributed by atoms with Crippen LogP contribution in [0.5, 0.6) is 0 Å². The lowest BCUT2D eigenvalue weighted by atomic mass is 10.1. The molecule has 3 aromatic carbocycles. The summed E-state index contributed by atoms with van der Waals surface area (Å²) in [6.07, 6.45) is -8.02. The number of alkyl halides is 3. The molecule has 0 amide bonds. The first-order valence-corrected chi connectivity index (χ1v) is 13.3. The van der Waals surface area contributed by atoms with Crippen LogP contribution in [0.25, 0.3) is 0 Å². The normalized spacial score (nSPS) is 20.7. The fourth-order valence-electron chi connectivity index (χ4n) is 3.70. The first-order valence-electron chi connectivity index (χ1n) is 11.9. The molecule has 1 aliphatic heterocycles. The zero-order valence-corrected chi connectivity index (χ0v) is 21.6. The van der Waals surface area contributed by atoms with E-state index in [0.29, 0.717) is 0 Å². The highest BCUT2D eigenvalue weighted by molar-refractivity contribution is 7.87. The van der Waals surface area contributed by atoms with Gasteiger partial charge < -0.3 is 18.9 Å². The monoisotopic (exact) mass is 594 g/mol. The topological polar surface area (TPSA) is 132 Å². The fourth-order valence-corrected chi connectivity index (χ4v) is 4.30. The standard InChI is InChI=1S/C27H21F3O10S/c28-27(29,30)41(34,35)40-22-21(38-24(32)18-12-6-2-7-13-18)20(16-36-23(31)17-10-4-1-5-11-17)37-26(22)39-25(33)19-14-8-3-9-15-19/h1-15,20-22,26H,16H2/t20-,21-,22+,26-/m1/s1. The molecule has 0 aromatic heterocycles. The van der Waals surface area contributed by atoms with Crippen molar-refractivity contribution in [2.75, 3.05) is 6.61 Å². The smallest absolute Gasteiger partial charge is 0.459 e. The maximum atomic E-state index is 13.3. The first kappa shape index (κ1) is 29.7. The number of halogens is 3. The molecule has 0 unspecified atom stereocenters. The summed E-state index contributed by atoms with van der Waals surface area (Å²) in [5, 5.41) is 0. The van der Waals surface area contributed by atoms with Gasteiger partial charge in [0.15, 0.2) is 12.2 Å². The minimum atomic E-state index is -6.32. The number of carbonyl (C=O) groups is 3. The molecule has 0 spiro atoms. The Bertz CT molecular complexity index is 1470. The van der Waals surface area contributed by atoms with Crippen LogP contribution in [0.4, 0.5) is 13.2 Å². The van der Waals surface area contributed by atoms with Crippen LogP contribution in [0.2, 0.25) is 0 Å². The van der Waals surface area contributed by atoms with Crippen molar-refractivity contribution in [2.24, 2.45) is 0 Å². The lowest BCUT2D eigenvalue weighted by Crippen LogP contribution is -2.44. The molecular formula is C27H21F3O10S. The molecule has 1 heterocycles. The summed E-state index contributed by atoms with van der Waals surface area (Å²) >= 11 is 0. The Kier molecular flexibility index (Phi) is 9.05. The Hall–Kier alpha value is -4.27. The van der Waals surface area contributed by atoms with E-state index in [9.17, 15) is 36.0 Å². The molecule has 0 saturated carbocycles. The van der Waals surface area contributed by atoms with Crippen molar-refractivity contribution in [3.05, 3.63) is 108 Å². The quantitative estimate of drug-likeness (QED) is 0.156. The number of ether oxygens (including phenoxy) is 4. The molecule has 1 saturated heterocycles. The van der Waals surface area contributed by atoms with E-state index >= 15 is 0 Å². The van der Waals surface area contributed by atoms with E-state index in [1.807, 2.05) is 0 Å². The van der Waals surface area contributed by atoms with Gasteiger partial charge in [-0.05, 0) is 36.4 Å². The van der Waals surface area contributed by atoms with Crippen LogP contribution in [-0.2, 0) is 33.2 Å². The van der Waals surface area contributed by atoms with Gasteiger partial charge in [-0.3, -0.25) is 0 Å². The van der Waals surface area contributed by atoms with Crippen LogP contribution < -0.4 is 0 Å². The van der Waals surface area contributed by atoms with Crippen molar-refractivity contribution in [3.8, 4) is 0 Å². The predicted octanol–water partition coefficient (Wildman–Crippen LogP) is 3.89. The van der Waals surface area contributed by atoms with E-state index in [0.717, 1.165) is 0 Å². The molecule has 4 atom stereocenters. The summed E-state index contributed by atoms with van der Waals surface area (Å²) in [4.78, 5) is 38.0.